The van der Waals surface area contributed by atoms with Crippen molar-refractivity contribution in [3.05, 3.63) is 47.3 Å². The summed E-state index contributed by atoms with van der Waals surface area (Å²) in [6.45, 7) is 2.53. The molecule has 152 valence electrons. The van der Waals surface area contributed by atoms with Crippen LogP contribution in [0.3, 0.4) is 0 Å². The maximum absolute atomic E-state index is 11.4. The maximum atomic E-state index is 11.4. The summed E-state index contributed by atoms with van der Waals surface area (Å²) in [5, 5.41) is 13.2. The van der Waals surface area contributed by atoms with E-state index >= 15 is 0 Å². The molecule has 1 aromatic heterocycles. The number of ether oxygens (including phenoxy) is 3. The van der Waals surface area contributed by atoms with Crippen molar-refractivity contribution in [2.24, 2.45) is 0 Å². The highest BCUT2D eigenvalue weighted by Gasteiger charge is 2.20. The first-order chi connectivity index (χ1) is 14.0. The first-order valence-electron chi connectivity index (χ1n) is 8.97. The lowest BCUT2D eigenvalue weighted by atomic mass is 10.1. The molecule has 0 saturated carbocycles. The third kappa shape index (κ3) is 4.97. The minimum Gasteiger partial charge on any atom is -0.497 e. The molecular weight excluding hydrogens is 392 g/mol. The molecule has 3 rings (SSSR count). The van der Waals surface area contributed by atoms with E-state index < -0.39 is 5.97 Å². The summed E-state index contributed by atoms with van der Waals surface area (Å²) in [7, 11) is 3.14. The molecule has 0 radical (unpaired) electrons. The number of rotatable bonds is 9. The number of hydrogen-bond donors (Lipinski definition) is 2. The van der Waals surface area contributed by atoms with Gasteiger partial charge in [0.05, 0.1) is 32.9 Å². The fourth-order valence-corrected chi connectivity index (χ4v) is 3.78. The van der Waals surface area contributed by atoms with Crippen molar-refractivity contribution in [2.75, 3.05) is 26.1 Å². The number of carboxylic acids is 1. The van der Waals surface area contributed by atoms with Gasteiger partial charge in [-0.25, -0.2) is 4.98 Å². The summed E-state index contributed by atoms with van der Waals surface area (Å²) in [6.07, 6.45) is -0.141. The highest BCUT2D eigenvalue weighted by molar-refractivity contribution is 7.16. The molecule has 0 aliphatic rings. The van der Waals surface area contributed by atoms with E-state index in [0.29, 0.717) is 39.4 Å². The van der Waals surface area contributed by atoms with Crippen LogP contribution in [0.1, 0.15) is 11.8 Å². The van der Waals surface area contributed by atoms with E-state index in [-0.39, 0.29) is 6.42 Å². The molecule has 0 atom stereocenters. The number of carbonyl (C=O) groups is 1. The monoisotopic (exact) mass is 414 g/mol. The number of anilines is 2. The highest BCUT2D eigenvalue weighted by atomic mass is 32.1. The van der Waals surface area contributed by atoms with Crippen LogP contribution in [0.5, 0.6) is 17.2 Å². The normalized spacial score (nSPS) is 10.4. The summed E-state index contributed by atoms with van der Waals surface area (Å²) in [4.78, 5) is 16.7. The second-order valence-electron chi connectivity index (χ2n) is 6.01. The molecule has 0 aliphatic carbocycles. The molecule has 0 spiro atoms. The van der Waals surface area contributed by atoms with E-state index in [0.717, 1.165) is 11.4 Å². The van der Waals surface area contributed by atoms with Gasteiger partial charge in [0.1, 0.15) is 17.2 Å². The third-order valence-corrected chi connectivity index (χ3v) is 5.06. The van der Waals surface area contributed by atoms with Gasteiger partial charge in [0.25, 0.3) is 0 Å². The van der Waals surface area contributed by atoms with E-state index in [9.17, 15) is 9.90 Å². The van der Waals surface area contributed by atoms with Crippen molar-refractivity contribution in [3.63, 3.8) is 0 Å². The average molecular weight is 414 g/mol. The van der Waals surface area contributed by atoms with Crippen molar-refractivity contribution >= 4 is 28.1 Å². The first-order valence-corrected chi connectivity index (χ1v) is 9.79. The van der Waals surface area contributed by atoms with Crippen LogP contribution in [0.4, 0.5) is 10.8 Å². The van der Waals surface area contributed by atoms with Crippen LogP contribution in [0.15, 0.2) is 42.5 Å². The molecule has 7 nitrogen and oxygen atoms in total. The Morgan fingerprint density at radius 2 is 1.83 bits per heavy atom. The largest absolute Gasteiger partial charge is 0.497 e. The number of thiazole rings is 1. The predicted octanol–water partition coefficient (Wildman–Crippen LogP) is 4.60. The molecule has 0 saturated heterocycles. The van der Waals surface area contributed by atoms with Crippen molar-refractivity contribution < 1.29 is 24.1 Å². The Labute approximate surface area is 172 Å². The summed E-state index contributed by atoms with van der Waals surface area (Å²) < 4.78 is 16.2. The molecule has 8 heteroatoms. The molecule has 0 unspecified atom stereocenters. The zero-order chi connectivity index (χ0) is 20.8. The minimum absolute atomic E-state index is 0.141. The Bertz CT molecular complexity index is 985. The van der Waals surface area contributed by atoms with E-state index in [2.05, 4.69) is 10.3 Å². The topological polar surface area (TPSA) is 89.9 Å². The van der Waals surface area contributed by atoms with Gasteiger partial charge in [0.15, 0.2) is 5.13 Å². The molecule has 0 amide bonds. The van der Waals surface area contributed by atoms with Gasteiger partial charge in [0.2, 0.25) is 0 Å². The number of nitrogens with zero attached hydrogens (tertiary/aromatic N) is 1. The molecule has 2 N–H and O–H groups in total. The Hall–Kier alpha value is -3.26. The lowest BCUT2D eigenvalue weighted by Crippen LogP contribution is -2.00. The molecule has 3 aromatic rings. The molecule has 0 fully saturated rings. The van der Waals surface area contributed by atoms with Crippen molar-refractivity contribution in [1.29, 1.82) is 0 Å². The molecule has 0 aliphatic heterocycles. The van der Waals surface area contributed by atoms with Crippen LogP contribution >= 0.6 is 11.3 Å². The van der Waals surface area contributed by atoms with Crippen molar-refractivity contribution in [1.82, 2.24) is 4.98 Å². The average Bonchev–Trinajstić information content (AvgIpc) is 3.10. The molecule has 2 aromatic carbocycles. The third-order valence-electron chi connectivity index (χ3n) is 4.09. The van der Waals surface area contributed by atoms with Gasteiger partial charge in [-0.15, -0.1) is 11.3 Å². The number of nitrogens with one attached hydrogen (secondary N) is 1. The Morgan fingerprint density at radius 1 is 1.10 bits per heavy atom. The number of carboxylic acid groups (broad SMARTS) is 1. The number of aliphatic carboxylic acids is 1. The second-order valence-corrected chi connectivity index (χ2v) is 7.09. The summed E-state index contributed by atoms with van der Waals surface area (Å²) in [6, 6.07) is 12.8. The van der Waals surface area contributed by atoms with E-state index in [1.807, 2.05) is 31.2 Å². The lowest BCUT2D eigenvalue weighted by molar-refractivity contribution is -0.136. The lowest BCUT2D eigenvalue weighted by Gasteiger charge is -2.10. The number of aromatic nitrogens is 1. The zero-order valence-corrected chi connectivity index (χ0v) is 17.2. The van der Waals surface area contributed by atoms with Gasteiger partial charge in [-0.3, -0.25) is 4.79 Å². The van der Waals surface area contributed by atoms with Crippen LogP contribution < -0.4 is 19.5 Å². The second kappa shape index (κ2) is 9.29. The first kappa shape index (κ1) is 20.5. The number of benzene rings is 2. The fraction of sp³-hybridized carbons (Fsp3) is 0.238. The van der Waals surface area contributed by atoms with Crippen LogP contribution in [0, 0.1) is 0 Å². The highest BCUT2D eigenvalue weighted by Crippen LogP contribution is 2.39. The Balaban J connectivity index is 1.97. The maximum Gasteiger partial charge on any atom is 0.308 e. The van der Waals surface area contributed by atoms with Gasteiger partial charge < -0.3 is 24.6 Å². The van der Waals surface area contributed by atoms with Crippen molar-refractivity contribution in [2.45, 2.75) is 13.3 Å². The number of hydrogen-bond acceptors (Lipinski definition) is 7. The SMILES string of the molecule is CCOc1ccc(Nc2nc(-c3cc(OC)ccc3OC)c(CC(=O)O)s2)cc1. The summed E-state index contributed by atoms with van der Waals surface area (Å²) in [5.41, 5.74) is 2.06. The van der Waals surface area contributed by atoms with Crippen molar-refractivity contribution in [3.8, 4) is 28.5 Å². The molecular formula is C21H22N2O5S. The molecule has 29 heavy (non-hydrogen) atoms. The van der Waals surface area contributed by atoms with Crippen LogP contribution in [0.2, 0.25) is 0 Å². The van der Waals surface area contributed by atoms with Gasteiger partial charge in [-0.2, -0.15) is 0 Å². The van der Waals surface area contributed by atoms with Gasteiger partial charge in [-0.1, -0.05) is 0 Å². The van der Waals surface area contributed by atoms with Crippen LogP contribution in [-0.2, 0) is 11.2 Å². The Kier molecular flexibility index (Phi) is 6.56. The molecule has 0 bridgehead atoms. The Morgan fingerprint density at radius 3 is 2.45 bits per heavy atom. The standard InChI is InChI=1S/C21H22N2O5S/c1-4-28-14-7-5-13(6-8-14)22-21-23-20(18(29-21)12-19(24)25)16-11-15(26-2)9-10-17(16)27-3/h5-11H,4,12H2,1-3H3,(H,22,23)(H,24,25). The number of methoxy groups -OCH3 is 2. The predicted molar refractivity (Wildman–Crippen MR) is 113 cm³/mol. The van der Waals surface area contributed by atoms with Gasteiger partial charge in [0, 0.05) is 16.1 Å². The van der Waals surface area contributed by atoms with E-state index in [1.54, 1.807) is 32.4 Å². The van der Waals surface area contributed by atoms with E-state index in [4.69, 9.17) is 14.2 Å². The summed E-state index contributed by atoms with van der Waals surface area (Å²) >= 11 is 1.29. The molecule has 1 heterocycles. The van der Waals surface area contributed by atoms with Crippen LogP contribution in [-0.4, -0.2) is 36.9 Å². The van der Waals surface area contributed by atoms with Gasteiger partial charge in [-0.05, 0) is 49.4 Å². The quantitative estimate of drug-likeness (QED) is 0.529. The van der Waals surface area contributed by atoms with Crippen LogP contribution in [0.25, 0.3) is 11.3 Å². The zero-order valence-electron chi connectivity index (χ0n) is 16.4. The summed E-state index contributed by atoms with van der Waals surface area (Å²) in [5.74, 6) is 1.08. The van der Waals surface area contributed by atoms with Gasteiger partial charge >= 0.3 is 5.97 Å². The minimum atomic E-state index is -0.926. The fourth-order valence-electron chi connectivity index (χ4n) is 2.80. The van der Waals surface area contributed by atoms with E-state index in [1.165, 1.54) is 11.3 Å². The smallest absolute Gasteiger partial charge is 0.308 e.